The van der Waals surface area contributed by atoms with E-state index in [2.05, 4.69) is 23.3 Å². The molecule has 1 N–H and O–H groups in total. The number of rotatable bonds is 4. The van der Waals surface area contributed by atoms with Crippen LogP contribution in [-0.4, -0.2) is 29.1 Å². The highest BCUT2D eigenvalue weighted by Gasteiger charge is 2.27. The molecule has 0 unspecified atom stereocenters. The number of hydrogen-bond donors (Lipinski definition) is 1. The molecule has 1 aromatic carbocycles. The molecule has 1 atom stereocenters. The van der Waals surface area contributed by atoms with Crippen LogP contribution in [0.1, 0.15) is 38.7 Å². The van der Waals surface area contributed by atoms with Crippen LogP contribution in [0.15, 0.2) is 35.7 Å². The standard InChI is InChI=1S/C17H19NO2S/c1-12-7-9-21-16(12)11-18-8-6-13(10-18)14-4-2-3-5-15(14)17(19)20/h2-5,7,9,13H,6,8,10-11H2,1H3,(H,19,20)/t13-/m0/s1. The van der Waals surface area contributed by atoms with E-state index in [0.717, 1.165) is 31.6 Å². The maximum Gasteiger partial charge on any atom is 0.335 e. The zero-order chi connectivity index (χ0) is 14.8. The van der Waals surface area contributed by atoms with E-state index in [-0.39, 0.29) is 0 Å². The first-order valence-electron chi connectivity index (χ1n) is 7.22. The van der Waals surface area contributed by atoms with E-state index >= 15 is 0 Å². The van der Waals surface area contributed by atoms with Crippen molar-refractivity contribution in [3.63, 3.8) is 0 Å². The molecule has 1 aliphatic heterocycles. The second kappa shape index (κ2) is 6.00. The summed E-state index contributed by atoms with van der Waals surface area (Å²) in [4.78, 5) is 15.2. The van der Waals surface area contributed by atoms with Gasteiger partial charge >= 0.3 is 5.97 Å². The Morgan fingerprint density at radius 1 is 1.38 bits per heavy atom. The molecule has 0 spiro atoms. The number of likely N-dealkylation sites (tertiary alicyclic amines) is 1. The number of carboxylic acids is 1. The summed E-state index contributed by atoms with van der Waals surface area (Å²) < 4.78 is 0. The minimum atomic E-state index is -0.821. The first kappa shape index (κ1) is 14.3. The summed E-state index contributed by atoms with van der Waals surface area (Å²) in [6, 6.07) is 9.58. The second-order valence-corrected chi connectivity index (χ2v) is 6.64. The van der Waals surface area contributed by atoms with Gasteiger partial charge in [-0.1, -0.05) is 18.2 Å². The molecular formula is C17H19NO2S. The van der Waals surface area contributed by atoms with Crippen molar-refractivity contribution >= 4 is 17.3 Å². The van der Waals surface area contributed by atoms with Gasteiger partial charge in [-0.3, -0.25) is 4.90 Å². The topological polar surface area (TPSA) is 40.5 Å². The lowest BCUT2D eigenvalue weighted by molar-refractivity contribution is 0.0695. The minimum absolute atomic E-state index is 0.331. The predicted octanol–water partition coefficient (Wildman–Crippen LogP) is 3.74. The Bertz CT molecular complexity index is 650. The van der Waals surface area contributed by atoms with Crippen LogP contribution in [0.2, 0.25) is 0 Å². The molecular weight excluding hydrogens is 282 g/mol. The second-order valence-electron chi connectivity index (χ2n) is 5.64. The van der Waals surface area contributed by atoms with Crippen molar-refractivity contribution < 1.29 is 9.90 Å². The van der Waals surface area contributed by atoms with Gasteiger partial charge in [-0.2, -0.15) is 0 Å². The number of aryl methyl sites for hydroxylation is 1. The number of hydrogen-bond acceptors (Lipinski definition) is 3. The average molecular weight is 301 g/mol. The Labute approximate surface area is 128 Å². The number of aromatic carboxylic acids is 1. The molecule has 1 fully saturated rings. The number of benzene rings is 1. The maximum absolute atomic E-state index is 11.3. The van der Waals surface area contributed by atoms with E-state index in [1.807, 2.05) is 12.1 Å². The Morgan fingerprint density at radius 3 is 2.90 bits per heavy atom. The van der Waals surface area contributed by atoms with Crippen LogP contribution in [0.3, 0.4) is 0 Å². The molecule has 0 saturated carbocycles. The molecule has 2 aromatic rings. The van der Waals surface area contributed by atoms with E-state index in [4.69, 9.17) is 0 Å². The SMILES string of the molecule is Cc1ccsc1CN1CC[C@H](c2ccccc2C(=O)O)C1. The normalized spacial score (nSPS) is 19.0. The van der Waals surface area contributed by atoms with Crippen molar-refractivity contribution in [3.8, 4) is 0 Å². The fraction of sp³-hybridized carbons (Fsp3) is 0.353. The smallest absolute Gasteiger partial charge is 0.335 e. The molecule has 0 bridgehead atoms. The summed E-state index contributed by atoms with van der Waals surface area (Å²) in [5.41, 5.74) is 2.79. The summed E-state index contributed by atoms with van der Waals surface area (Å²) in [7, 11) is 0. The van der Waals surface area contributed by atoms with Crippen molar-refractivity contribution in [1.29, 1.82) is 0 Å². The van der Waals surface area contributed by atoms with Crippen molar-refractivity contribution in [1.82, 2.24) is 4.90 Å². The molecule has 3 rings (SSSR count). The quantitative estimate of drug-likeness (QED) is 0.935. The predicted molar refractivity (Wildman–Crippen MR) is 85.1 cm³/mol. The van der Waals surface area contributed by atoms with Gasteiger partial charge in [0.15, 0.2) is 0 Å². The van der Waals surface area contributed by atoms with E-state index in [9.17, 15) is 9.90 Å². The number of carbonyl (C=O) groups is 1. The molecule has 0 radical (unpaired) electrons. The Morgan fingerprint density at radius 2 is 2.19 bits per heavy atom. The van der Waals surface area contributed by atoms with Gasteiger partial charge in [0.2, 0.25) is 0 Å². The Kier molecular flexibility index (Phi) is 4.08. The summed E-state index contributed by atoms with van der Waals surface area (Å²) in [5, 5.41) is 11.5. The van der Waals surface area contributed by atoms with Crippen molar-refractivity contribution in [2.24, 2.45) is 0 Å². The number of carboxylic acid groups (broad SMARTS) is 1. The molecule has 21 heavy (non-hydrogen) atoms. The van der Waals surface area contributed by atoms with E-state index in [1.165, 1.54) is 10.4 Å². The van der Waals surface area contributed by atoms with Gasteiger partial charge in [0.05, 0.1) is 5.56 Å². The number of thiophene rings is 1. The van der Waals surface area contributed by atoms with Crippen LogP contribution in [0.4, 0.5) is 0 Å². The van der Waals surface area contributed by atoms with Gasteiger partial charge in [0, 0.05) is 18.0 Å². The van der Waals surface area contributed by atoms with Crippen molar-refractivity contribution in [3.05, 3.63) is 57.3 Å². The average Bonchev–Trinajstić information content (AvgIpc) is 3.09. The van der Waals surface area contributed by atoms with Gasteiger partial charge in [-0.05, 0) is 54.4 Å². The molecule has 1 aromatic heterocycles. The summed E-state index contributed by atoms with van der Waals surface area (Å²) >= 11 is 1.81. The first-order valence-corrected chi connectivity index (χ1v) is 8.10. The maximum atomic E-state index is 11.3. The molecule has 0 aliphatic carbocycles. The summed E-state index contributed by atoms with van der Waals surface area (Å²) in [6.45, 7) is 5.12. The van der Waals surface area contributed by atoms with E-state index < -0.39 is 5.97 Å². The Balaban J connectivity index is 1.73. The van der Waals surface area contributed by atoms with Crippen molar-refractivity contribution in [2.75, 3.05) is 13.1 Å². The highest BCUT2D eigenvalue weighted by molar-refractivity contribution is 7.10. The van der Waals surface area contributed by atoms with Crippen LogP contribution < -0.4 is 0 Å². The lowest BCUT2D eigenvalue weighted by atomic mass is 9.93. The van der Waals surface area contributed by atoms with Gasteiger partial charge in [0.25, 0.3) is 0 Å². The van der Waals surface area contributed by atoms with Crippen LogP contribution in [-0.2, 0) is 6.54 Å². The van der Waals surface area contributed by atoms with Crippen LogP contribution in [0.5, 0.6) is 0 Å². The molecule has 1 aliphatic rings. The zero-order valence-corrected chi connectivity index (χ0v) is 12.9. The van der Waals surface area contributed by atoms with Gasteiger partial charge in [-0.25, -0.2) is 4.79 Å². The first-order chi connectivity index (χ1) is 10.1. The molecule has 110 valence electrons. The number of nitrogens with zero attached hydrogens (tertiary/aromatic N) is 1. The third-order valence-electron chi connectivity index (χ3n) is 4.24. The van der Waals surface area contributed by atoms with Crippen LogP contribution in [0.25, 0.3) is 0 Å². The van der Waals surface area contributed by atoms with E-state index in [0.29, 0.717) is 11.5 Å². The zero-order valence-electron chi connectivity index (χ0n) is 12.1. The Hall–Kier alpha value is -1.65. The lowest BCUT2D eigenvalue weighted by Gasteiger charge is -2.17. The molecule has 1 saturated heterocycles. The molecule has 3 nitrogen and oxygen atoms in total. The fourth-order valence-corrected chi connectivity index (χ4v) is 3.99. The monoisotopic (exact) mass is 301 g/mol. The van der Waals surface area contributed by atoms with Gasteiger partial charge in [-0.15, -0.1) is 11.3 Å². The fourth-order valence-electron chi connectivity index (χ4n) is 3.05. The van der Waals surface area contributed by atoms with Gasteiger partial charge in [0.1, 0.15) is 0 Å². The highest BCUT2D eigenvalue weighted by atomic mass is 32.1. The molecule has 2 heterocycles. The summed E-state index contributed by atoms with van der Waals surface area (Å²) in [5.74, 6) is -0.490. The van der Waals surface area contributed by atoms with E-state index in [1.54, 1.807) is 23.5 Å². The summed E-state index contributed by atoms with van der Waals surface area (Å²) in [6.07, 6.45) is 1.04. The largest absolute Gasteiger partial charge is 0.478 e. The lowest BCUT2D eigenvalue weighted by Crippen LogP contribution is -2.20. The third-order valence-corrected chi connectivity index (χ3v) is 5.25. The van der Waals surface area contributed by atoms with Crippen LogP contribution in [0, 0.1) is 6.92 Å². The van der Waals surface area contributed by atoms with Crippen molar-refractivity contribution in [2.45, 2.75) is 25.8 Å². The highest BCUT2D eigenvalue weighted by Crippen LogP contribution is 2.31. The third kappa shape index (κ3) is 3.01. The molecule has 0 amide bonds. The van der Waals surface area contributed by atoms with Gasteiger partial charge < -0.3 is 5.11 Å². The minimum Gasteiger partial charge on any atom is -0.478 e. The van der Waals surface area contributed by atoms with Crippen LogP contribution >= 0.6 is 11.3 Å². The molecule has 4 heteroatoms.